The second kappa shape index (κ2) is 8.37. The minimum Gasteiger partial charge on any atom is -0.354 e. The molecule has 0 saturated heterocycles. The average molecular weight is 368 g/mol. The van der Waals surface area contributed by atoms with Crippen LogP contribution in [0.4, 0.5) is 0 Å². The Labute approximate surface area is 160 Å². The van der Waals surface area contributed by atoms with Gasteiger partial charge in [0.25, 0.3) is 11.8 Å². The highest BCUT2D eigenvalue weighted by atomic mass is 16.2. The number of hydrogen-bond donors (Lipinski definition) is 2. The Balaban J connectivity index is 1.89. The Kier molecular flexibility index (Phi) is 5.94. The van der Waals surface area contributed by atoms with E-state index in [1.54, 1.807) is 17.8 Å². The summed E-state index contributed by atoms with van der Waals surface area (Å²) >= 11 is 0. The number of benzene rings is 1. The van der Waals surface area contributed by atoms with Crippen molar-refractivity contribution in [1.82, 2.24) is 20.4 Å². The van der Waals surface area contributed by atoms with Gasteiger partial charge in [0.1, 0.15) is 5.69 Å². The van der Waals surface area contributed by atoms with Crippen LogP contribution in [0.25, 0.3) is 0 Å². The van der Waals surface area contributed by atoms with Crippen LogP contribution in [0, 0.1) is 5.92 Å². The number of nitrogens with zero attached hydrogens (tertiary/aromatic N) is 2. The van der Waals surface area contributed by atoms with Gasteiger partial charge < -0.3 is 10.6 Å². The van der Waals surface area contributed by atoms with Gasteiger partial charge in [-0.15, -0.1) is 0 Å². The molecule has 0 unspecified atom stereocenters. The highest BCUT2D eigenvalue weighted by Gasteiger charge is 2.26. The van der Waals surface area contributed by atoms with Crippen molar-refractivity contribution in [3.63, 3.8) is 0 Å². The summed E-state index contributed by atoms with van der Waals surface area (Å²) in [5, 5.41) is 10.2. The fourth-order valence-corrected chi connectivity index (χ4v) is 3.80. The SMILES string of the molecule is CNC(=O)c1cc(C(=O)N[C@H]2CCC[C@@H](C)C2)n([C@@H](C)c2ccccc2)n1. The van der Waals surface area contributed by atoms with Crippen molar-refractivity contribution in [2.24, 2.45) is 5.92 Å². The predicted molar refractivity (Wildman–Crippen MR) is 105 cm³/mol. The van der Waals surface area contributed by atoms with Crippen LogP contribution in [0.3, 0.4) is 0 Å². The molecule has 2 aromatic rings. The van der Waals surface area contributed by atoms with Crippen LogP contribution in [0.15, 0.2) is 36.4 Å². The first-order valence-electron chi connectivity index (χ1n) is 9.67. The molecule has 3 rings (SSSR count). The minimum absolute atomic E-state index is 0.157. The van der Waals surface area contributed by atoms with Gasteiger partial charge in [0, 0.05) is 19.2 Å². The molecular weight excluding hydrogens is 340 g/mol. The minimum atomic E-state index is -0.297. The summed E-state index contributed by atoms with van der Waals surface area (Å²) in [6.45, 7) is 4.21. The molecular formula is C21H28N4O2. The van der Waals surface area contributed by atoms with Crippen LogP contribution in [-0.2, 0) is 0 Å². The number of carbonyl (C=O) groups is 2. The Hall–Kier alpha value is -2.63. The van der Waals surface area contributed by atoms with E-state index in [0.717, 1.165) is 24.8 Å². The Morgan fingerprint density at radius 2 is 1.93 bits per heavy atom. The molecule has 0 aliphatic heterocycles. The van der Waals surface area contributed by atoms with E-state index in [4.69, 9.17) is 0 Å². The van der Waals surface area contributed by atoms with Crippen molar-refractivity contribution in [1.29, 1.82) is 0 Å². The molecule has 1 aliphatic rings. The number of hydrogen-bond acceptors (Lipinski definition) is 3. The fourth-order valence-electron chi connectivity index (χ4n) is 3.80. The van der Waals surface area contributed by atoms with E-state index in [0.29, 0.717) is 11.6 Å². The van der Waals surface area contributed by atoms with Crippen molar-refractivity contribution in [2.45, 2.75) is 51.6 Å². The molecule has 27 heavy (non-hydrogen) atoms. The van der Waals surface area contributed by atoms with E-state index >= 15 is 0 Å². The van der Waals surface area contributed by atoms with Gasteiger partial charge in [0.05, 0.1) is 6.04 Å². The fraction of sp³-hybridized carbons (Fsp3) is 0.476. The molecule has 6 heteroatoms. The predicted octanol–water partition coefficient (Wildman–Crippen LogP) is 3.16. The molecule has 1 saturated carbocycles. The zero-order valence-corrected chi connectivity index (χ0v) is 16.2. The van der Waals surface area contributed by atoms with Crippen LogP contribution in [0.2, 0.25) is 0 Å². The molecule has 1 aromatic carbocycles. The van der Waals surface area contributed by atoms with Gasteiger partial charge in [0.15, 0.2) is 5.69 Å². The maximum Gasteiger partial charge on any atom is 0.271 e. The van der Waals surface area contributed by atoms with Crippen LogP contribution in [0.5, 0.6) is 0 Å². The monoisotopic (exact) mass is 368 g/mol. The van der Waals surface area contributed by atoms with E-state index in [1.807, 2.05) is 37.3 Å². The van der Waals surface area contributed by atoms with E-state index in [9.17, 15) is 9.59 Å². The topological polar surface area (TPSA) is 76.0 Å². The lowest BCUT2D eigenvalue weighted by Crippen LogP contribution is -2.39. The maximum atomic E-state index is 13.0. The molecule has 0 radical (unpaired) electrons. The van der Waals surface area contributed by atoms with Gasteiger partial charge in [-0.05, 0) is 31.2 Å². The zero-order chi connectivity index (χ0) is 19.4. The van der Waals surface area contributed by atoms with Crippen molar-refractivity contribution in [3.8, 4) is 0 Å². The zero-order valence-electron chi connectivity index (χ0n) is 16.2. The quantitative estimate of drug-likeness (QED) is 0.851. The third-order valence-corrected chi connectivity index (χ3v) is 5.35. The van der Waals surface area contributed by atoms with Crippen LogP contribution >= 0.6 is 0 Å². The summed E-state index contributed by atoms with van der Waals surface area (Å²) in [6.07, 6.45) is 4.35. The number of carbonyl (C=O) groups excluding carboxylic acids is 2. The van der Waals surface area contributed by atoms with Crippen molar-refractivity contribution >= 4 is 11.8 Å². The van der Waals surface area contributed by atoms with E-state index in [-0.39, 0.29) is 29.6 Å². The van der Waals surface area contributed by atoms with Gasteiger partial charge in [-0.25, -0.2) is 0 Å². The molecule has 1 heterocycles. The first kappa shape index (κ1) is 19.1. The lowest BCUT2D eigenvalue weighted by molar-refractivity contribution is 0.0907. The number of amides is 2. The van der Waals surface area contributed by atoms with Gasteiger partial charge >= 0.3 is 0 Å². The molecule has 0 bridgehead atoms. The van der Waals surface area contributed by atoms with Crippen LogP contribution < -0.4 is 10.6 Å². The molecule has 0 spiro atoms. The molecule has 3 atom stereocenters. The molecule has 1 aromatic heterocycles. The number of nitrogens with one attached hydrogen (secondary N) is 2. The molecule has 1 fully saturated rings. The largest absolute Gasteiger partial charge is 0.354 e. The van der Waals surface area contributed by atoms with E-state index in [2.05, 4.69) is 22.7 Å². The first-order valence-corrected chi connectivity index (χ1v) is 9.67. The standard InChI is InChI=1S/C21H28N4O2/c1-14-8-7-11-17(12-14)23-21(27)19-13-18(20(26)22-3)24-25(19)15(2)16-9-5-4-6-10-16/h4-6,9-10,13-15,17H,7-8,11-12H2,1-3H3,(H,22,26)(H,23,27)/t14-,15+,17+/m1/s1. The van der Waals surface area contributed by atoms with Gasteiger partial charge in [-0.3, -0.25) is 14.3 Å². The Morgan fingerprint density at radius 1 is 1.19 bits per heavy atom. The summed E-state index contributed by atoms with van der Waals surface area (Å²) < 4.78 is 1.65. The van der Waals surface area contributed by atoms with Gasteiger partial charge in [-0.1, -0.05) is 50.1 Å². The Morgan fingerprint density at radius 3 is 2.59 bits per heavy atom. The highest BCUT2D eigenvalue weighted by molar-refractivity contribution is 5.98. The molecule has 1 aliphatic carbocycles. The van der Waals surface area contributed by atoms with Crippen molar-refractivity contribution in [2.75, 3.05) is 7.05 Å². The lowest BCUT2D eigenvalue weighted by atomic mass is 9.87. The third-order valence-electron chi connectivity index (χ3n) is 5.35. The second-order valence-corrected chi connectivity index (χ2v) is 7.47. The van der Waals surface area contributed by atoms with Gasteiger partial charge in [-0.2, -0.15) is 5.10 Å². The summed E-state index contributed by atoms with van der Waals surface area (Å²) in [4.78, 5) is 25.1. The molecule has 2 N–H and O–H groups in total. The highest BCUT2D eigenvalue weighted by Crippen LogP contribution is 2.25. The average Bonchev–Trinajstić information content (AvgIpc) is 3.13. The van der Waals surface area contributed by atoms with Crippen LogP contribution in [-0.4, -0.2) is 34.7 Å². The van der Waals surface area contributed by atoms with E-state index in [1.165, 1.54) is 6.42 Å². The number of rotatable bonds is 5. The molecule has 144 valence electrons. The number of aromatic nitrogens is 2. The summed E-state index contributed by atoms with van der Waals surface area (Å²) in [5.41, 5.74) is 1.70. The van der Waals surface area contributed by atoms with E-state index < -0.39 is 0 Å². The second-order valence-electron chi connectivity index (χ2n) is 7.47. The lowest BCUT2D eigenvalue weighted by Gasteiger charge is -2.27. The molecule has 2 amide bonds. The Bertz CT molecular complexity index is 800. The van der Waals surface area contributed by atoms with Gasteiger partial charge in [0.2, 0.25) is 0 Å². The van der Waals surface area contributed by atoms with Crippen molar-refractivity contribution in [3.05, 3.63) is 53.3 Å². The summed E-state index contributed by atoms with van der Waals surface area (Å²) in [6, 6.07) is 11.5. The maximum absolute atomic E-state index is 13.0. The third kappa shape index (κ3) is 4.38. The first-order chi connectivity index (χ1) is 13.0. The smallest absolute Gasteiger partial charge is 0.271 e. The molecule has 6 nitrogen and oxygen atoms in total. The van der Waals surface area contributed by atoms with Crippen LogP contribution in [0.1, 0.15) is 72.1 Å². The summed E-state index contributed by atoms with van der Waals surface area (Å²) in [7, 11) is 1.56. The van der Waals surface area contributed by atoms with Crippen molar-refractivity contribution < 1.29 is 9.59 Å². The summed E-state index contributed by atoms with van der Waals surface area (Å²) in [5.74, 6) is 0.160. The normalized spacial score (nSPS) is 20.7.